The number of hydrogen-bond donors (Lipinski definition) is 1. The Morgan fingerprint density at radius 2 is 0.923 bits per heavy atom. The molecule has 0 heterocycles. The van der Waals surface area contributed by atoms with Gasteiger partial charge < -0.3 is 22.6 Å². The predicted octanol–water partition coefficient (Wildman–Crippen LogP) is 7.15. The molecule has 3 nitrogen and oxygen atoms in total. The molecule has 0 aromatic heterocycles. The molecule has 0 amide bonds. The van der Waals surface area contributed by atoms with Gasteiger partial charge in [-0.2, -0.15) is 10.2 Å². The van der Waals surface area contributed by atoms with Crippen molar-refractivity contribution < 1.29 is 17.3 Å². The second-order valence-corrected chi connectivity index (χ2v) is 5.07. The van der Waals surface area contributed by atoms with Crippen molar-refractivity contribution in [3.8, 4) is 0 Å². The van der Waals surface area contributed by atoms with Gasteiger partial charge in [0.05, 0.1) is 11.4 Å². The molecule has 3 aromatic carbocycles. The van der Waals surface area contributed by atoms with E-state index in [0.717, 1.165) is 22.7 Å². The monoisotopic (exact) mass is 360 g/mol. The molecule has 0 radical (unpaired) electrons. The Kier molecular flexibility index (Phi) is 6.90. The average molecular weight is 360 g/mol. The summed E-state index contributed by atoms with van der Waals surface area (Å²) < 4.78 is 39.0. The van der Waals surface area contributed by atoms with Gasteiger partial charge in [-0.3, -0.25) is 0 Å². The van der Waals surface area contributed by atoms with Crippen molar-refractivity contribution in [1.82, 2.24) is 0 Å². The fraction of sp³-hybridized carbons (Fsp3) is 0. The molecule has 0 aliphatic carbocycles. The van der Waals surface area contributed by atoms with Crippen LogP contribution in [0.2, 0.25) is 0 Å². The fourth-order valence-corrected chi connectivity index (χ4v) is 1.91. The van der Waals surface area contributed by atoms with Gasteiger partial charge in [0, 0.05) is 11.4 Å². The van der Waals surface area contributed by atoms with E-state index in [9.17, 15) is 17.3 Å². The number of nitrogens with zero attached hydrogens (tertiary/aromatic N) is 2. The molecule has 0 bridgehead atoms. The van der Waals surface area contributed by atoms with Gasteiger partial charge in [0.15, 0.2) is 0 Å². The molecule has 0 spiro atoms. The van der Waals surface area contributed by atoms with Crippen molar-refractivity contribution in [2.24, 2.45) is 10.2 Å². The number of rotatable bonds is 4. The quantitative estimate of drug-likeness (QED) is 0.299. The lowest BCUT2D eigenvalue weighted by Gasteiger charge is -2.05. The maximum atomic E-state index is 9.75. The van der Waals surface area contributed by atoms with Gasteiger partial charge in [-0.1, -0.05) is 36.4 Å². The Labute approximate surface area is 148 Å². The van der Waals surface area contributed by atoms with Crippen LogP contribution in [0.15, 0.2) is 95.2 Å². The van der Waals surface area contributed by atoms with Crippen molar-refractivity contribution in [2.45, 2.75) is 0 Å². The molecule has 134 valence electrons. The lowest BCUT2D eigenvalue weighted by molar-refractivity contribution is 0.368. The zero-order valence-corrected chi connectivity index (χ0v) is 13.6. The van der Waals surface area contributed by atoms with Crippen LogP contribution < -0.4 is 5.32 Å². The molecule has 8 heteroatoms. The van der Waals surface area contributed by atoms with Crippen molar-refractivity contribution >= 4 is 30.0 Å². The van der Waals surface area contributed by atoms with Crippen LogP contribution in [0.25, 0.3) is 0 Å². The van der Waals surface area contributed by atoms with Gasteiger partial charge in [-0.05, 0) is 48.5 Å². The SMILES string of the molecule is F[B-](F)(F)F.c1ccc(/N=N/c2ccc(Nc3ccccc3)cc2)cc1. The van der Waals surface area contributed by atoms with Crippen LogP contribution >= 0.6 is 0 Å². The van der Waals surface area contributed by atoms with E-state index in [0.29, 0.717) is 0 Å². The first kappa shape index (κ1) is 19.2. The van der Waals surface area contributed by atoms with E-state index >= 15 is 0 Å². The maximum absolute atomic E-state index is 9.75. The Balaban J connectivity index is 0.000000431. The fourth-order valence-electron chi connectivity index (χ4n) is 1.91. The summed E-state index contributed by atoms with van der Waals surface area (Å²) in [6, 6.07) is 27.6. The number of halogens is 4. The number of benzene rings is 3. The molecule has 1 N–H and O–H groups in total. The smallest absolute Gasteiger partial charge is 0.418 e. The lowest BCUT2D eigenvalue weighted by Crippen LogP contribution is -2.02. The van der Waals surface area contributed by atoms with E-state index in [4.69, 9.17) is 0 Å². The summed E-state index contributed by atoms with van der Waals surface area (Å²) in [7, 11) is -6.00. The molecule has 0 unspecified atom stereocenters. The topological polar surface area (TPSA) is 36.8 Å². The molecular weight excluding hydrogens is 345 g/mol. The van der Waals surface area contributed by atoms with E-state index in [-0.39, 0.29) is 0 Å². The summed E-state index contributed by atoms with van der Waals surface area (Å²) in [6.07, 6.45) is 0. The highest BCUT2D eigenvalue weighted by molar-refractivity contribution is 6.50. The molecule has 0 aliphatic heterocycles. The van der Waals surface area contributed by atoms with Crippen LogP contribution in [-0.4, -0.2) is 7.25 Å². The molecule has 26 heavy (non-hydrogen) atoms. The standard InChI is InChI=1S/C18H15N3.BF4/c1-3-7-15(8-4-1)19-16-11-13-18(14-12-16)21-20-17-9-5-2-6-10-17;2-1(3,4)5/h1-14,19H;/q;-1/b21-20+;. The summed E-state index contributed by atoms with van der Waals surface area (Å²) in [5, 5.41) is 11.7. The Morgan fingerprint density at radius 3 is 1.42 bits per heavy atom. The number of hydrogen-bond acceptors (Lipinski definition) is 3. The third-order valence-electron chi connectivity index (χ3n) is 2.97. The van der Waals surface area contributed by atoms with Crippen LogP contribution in [0.4, 0.5) is 40.0 Å². The summed E-state index contributed by atoms with van der Waals surface area (Å²) in [6.45, 7) is 0. The third kappa shape index (κ3) is 8.10. The van der Waals surface area contributed by atoms with Crippen LogP contribution in [0, 0.1) is 0 Å². The van der Waals surface area contributed by atoms with Crippen molar-refractivity contribution in [3.63, 3.8) is 0 Å². The molecule has 0 fully saturated rings. The zero-order valence-electron chi connectivity index (χ0n) is 13.6. The predicted molar refractivity (Wildman–Crippen MR) is 97.0 cm³/mol. The number of para-hydroxylation sites is 1. The van der Waals surface area contributed by atoms with Crippen LogP contribution in [0.3, 0.4) is 0 Å². The second-order valence-electron chi connectivity index (χ2n) is 5.07. The third-order valence-corrected chi connectivity index (χ3v) is 2.97. The molecule has 0 atom stereocenters. The van der Waals surface area contributed by atoms with Crippen LogP contribution in [0.5, 0.6) is 0 Å². The van der Waals surface area contributed by atoms with Gasteiger partial charge in [0.25, 0.3) is 0 Å². The highest BCUT2D eigenvalue weighted by Gasteiger charge is 2.20. The molecule has 3 rings (SSSR count). The van der Waals surface area contributed by atoms with E-state index in [1.54, 1.807) is 0 Å². The molecular formula is C18H15BF4N3-. The first-order chi connectivity index (χ1) is 12.4. The average Bonchev–Trinajstić information content (AvgIpc) is 2.62. The first-order valence-corrected chi connectivity index (χ1v) is 7.66. The number of nitrogens with one attached hydrogen (secondary N) is 1. The summed E-state index contributed by atoms with van der Waals surface area (Å²) in [5.74, 6) is 0. The Bertz CT molecular complexity index is 801. The molecule has 3 aromatic rings. The summed E-state index contributed by atoms with van der Waals surface area (Å²) >= 11 is 0. The van der Waals surface area contributed by atoms with Crippen molar-refractivity contribution in [3.05, 3.63) is 84.9 Å². The van der Waals surface area contributed by atoms with Gasteiger partial charge in [-0.25, -0.2) is 0 Å². The van der Waals surface area contributed by atoms with Gasteiger partial charge in [0.1, 0.15) is 0 Å². The summed E-state index contributed by atoms with van der Waals surface area (Å²) in [4.78, 5) is 0. The van der Waals surface area contributed by atoms with E-state index in [1.807, 2.05) is 84.9 Å². The lowest BCUT2D eigenvalue weighted by atomic mass is 10.2. The largest absolute Gasteiger partial charge is 0.673 e. The van der Waals surface area contributed by atoms with Gasteiger partial charge in [-0.15, -0.1) is 0 Å². The van der Waals surface area contributed by atoms with Gasteiger partial charge in [0.2, 0.25) is 0 Å². The van der Waals surface area contributed by atoms with E-state index in [1.165, 1.54) is 0 Å². The summed E-state index contributed by atoms with van der Waals surface area (Å²) in [5.41, 5.74) is 3.78. The minimum Gasteiger partial charge on any atom is -0.418 e. The molecule has 0 aliphatic rings. The second kappa shape index (κ2) is 9.36. The van der Waals surface area contributed by atoms with Crippen LogP contribution in [-0.2, 0) is 0 Å². The number of anilines is 2. The normalized spacial score (nSPS) is 10.9. The zero-order chi connectivity index (χ0) is 18.8. The van der Waals surface area contributed by atoms with E-state index < -0.39 is 7.25 Å². The Morgan fingerprint density at radius 1 is 0.538 bits per heavy atom. The molecule has 0 saturated heterocycles. The molecule has 0 saturated carbocycles. The van der Waals surface area contributed by atoms with Crippen molar-refractivity contribution in [2.75, 3.05) is 5.32 Å². The highest BCUT2D eigenvalue weighted by atomic mass is 19.5. The Hall–Kier alpha value is -3.16. The highest BCUT2D eigenvalue weighted by Crippen LogP contribution is 2.22. The van der Waals surface area contributed by atoms with Crippen LogP contribution in [0.1, 0.15) is 0 Å². The first-order valence-electron chi connectivity index (χ1n) is 7.66. The minimum atomic E-state index is -6.00. The van der Waals surface area contributed by atoms with E-state index in [2.05, 4.69) is 15.5 Å². The number of azo groups is 1. The van der Waals surface area contributed by atoms with Gasteiger partial charge >= 0.3 is 7.25 Å². The maximum Gasteiger partial charge on any atom is 0.673 e. The van der Waals surface area contributed by atoms with Crippen molar-refractivity contribution in [1.29, 1.82) is 0 Å². The minimum absolute atomic E-state index is 0.831.